The fourth-order valence-corrected chi connectivity index (χ4v) is 3.19. The number of nitrogens with zero attached hydrogens (tertiary/aromatic N) is 1. The highest BCUT2D eigenvalue weighted by atomic mass is 16.5. The molecule has 3 heteroatoms. The largest absolute Gasteiger partial charge is 0.380 e. The highest BCUT2D eigenvalue weighted by Gasteiger charge is 2.35. The molecule has 0 aliphatic heterocycles. The summed E-state index contributed by atoms with van der Waals surface area (Å²) in [5.41, 5.74) is 6.36. The number of nitrogens with two attached hydrogens (primary N) is 1. The maximum atomic E-state index is 6.10. The predicted octanol–water partition coefficient (Wildman–Crippen LogP) is 3.03. The lowest BCUT2D eigenvalue weighted by Crippen LogP contribution is -2.55. The van der Waals surface area contributed by atoms with Crippen molar-refractivity contribution in [2.75, 3.05) is 32.8 Å². The summed E-state index contributed by atoms with van der Waals surface area (Å²) in [6, 6.07) is 0. The summed E-state index contributed by atoms with van der Waals surface area (Å²) in [6.45, 7) is 11.4. The summed E-state index contributed by atoms with van der Waals surface area (Å²) in [5.74, 6) is 0.732. The van der Waals surface area contributed by atoms with Crippen LogP contribution >= 0.6 is 0 Å². The molecule has 0 amide bonds. The second-order valence-electron chi connectivity index (χ2n) is 6.36. The Labute approximate surface area is 119 Å². The van der Waals surface area contributed by atoms with Crippen LogP contribution in [0.2, 0.25) is 0 Å². The Morgan fingerprint density at radius 2 is 1.84 bits per heavy atom. The first-order valence-electron chi connectivity index (χ1n) is 8.17. The van der Waals surface area contributed by atoms with Crippen LogP contribution in [0.1, 0.15) is 59.3 Å². The molecule has 0 spiro atoms. The topological polar surface area (TPSA) is 38.5 Å². The minimum absolute atomic E-state index is 0.258. The number of rotatable bonds is 9. The van der Waals surface area contributed by atoms with Crippen LogP contribution in [0.3, 0.4) is 0 Å². The van der Waals surface area contributed by atoms with Gasteiger partial charge in [-0.2, -0.15) is 0 Å². The van der Waals surface area contributed by atoms with E-state index in [1.54, 1.807) is 0 Å². The molecule has 1 aliphatic rings. The maximum Gasteiger partial charge on any atom is 0.0593 e. The third-order valence-corrected chi connectivity index (χ3v) is 4.56. The Morgan fingerprint density at radius 3 is 2.37 bits per heavy atom. The first-order valence-corrected chi connectivity index (χ1v) is 8.17. The van der Waals surface area contributed by atoms with Gasteiger partial charge >= 0.3 is 0 Å². The Kier molecular flexibility index (Phi) is 7.96. The molecule has 0 saturated heterocycles. The maximum absolute atomic E-state index is 6.10. The van der Waals surface area contributed by atoms with E-state index in [2.05, 4.69) is 25.7 Å². The van der Waals surface area contributed by atoms with Crippen molar-refractivity contribution in [2.45, 2.75) is 64.8 Å². The second kappa shape index (κ2) is 8.93. The highest BCUT2D eigenvalue weighted by Crippen LogP contribution is 2.32. The lowest BCUT2D eigenvalue weighted by molar-refractivity contribution is 0.0250. The Morgan fingerprint density at radius 1 is 1.16 bits per heavy atom. The fourth-order valence-electron chi connectivity index (χ4n) is 3.19. The molecule has 0 unspecified atom stereocenters. The molecule has 2 N–H and O–H groups in total. The van der Waals surface area contributed by atoms with E-state index in [1.165, 1.54) is 32.1 Å². The van der Waals surface area contributed by atoms with E-state index < -0.39 is 0 Å². The van der Waals surface area contributed by atoms with Crippen LogP contribution < -0.4 is 5.73 Å². The highest BCUT2D eigenvalue weighted by molar-refractivity contribution is 4.93. The smallest absolute Gasteiger partial charge is 0.0593 e. The van der Waals surface area contributed by atoms with Crippen molar-refractivity contribution in [1.29, 1.82) is 0 Å². The quantitative estimate of drug-likeness (QED) is 0.655. The van der Waals surface area contributed by atoms with Crippen molar-refractivity contribution in [2.24, 2.45) is 11.7 Å². The van der Waals surface area contributed by atoms with Crippen molar-refractivity contribution in [3.8, 4) is 0 Å². The van der Waals surface area contributed by atoms with Crippen LogP contribution in [-0.4, -0.2) is 43.3 Å². The van der Waals surface area contributed by atoms with Crippen LogP contribution in [0.5, 0.6) is 0 Å². The lowest BCUT2D eigenvalue weighted by Gasteiger charge is -2.45. The minimum Gasteiger partial charge on any atom is -0.380 e. The second-order valence-corrected chi connectivity index (χ2v) is 6.36. The molecule has 0 radical (unpaired) electrons. The monoisotopic (exact) mass is 270 g/mol. The molecule has 3 nitrogen and oxygen atoms in total. The van der Waals surface area contributed by atoms with E-state index in [1.807, 2.05) is 0 Å². The predicted molar refractivity (Wildman–Crippen MR) is 82.4 cm³/mol. The van der Waals surface area contributed by atoms with Crippen molar-refractivity contribution in [1.82, 2.24) is 4.90 Å². The summed E-state index contributed by atoms with van der Waals surface area (Å²) in [4.78, 5) is 2.57. The normalized spacial score (nSPS) is 19.3. The fraction of sp³-hybridized carbons (Fsp3) is 1.00. The summed E-state index contributed by atoms with van der Waals surface area (Å²) in [7, 11) is 0. The van der Waals surface area contributed by atoms with Gasteiger partial charge in [0.1, 0.15) is 0 Å². The van der Waals surface area contributed by atoms with Crippen LogP contribution in [-0.2, 0) is 4.74 Å². The number of ether oxygens (including phenoxy) is 1. The molecule has 1 rings (SSSR count). The van der Waals surface area contributed by atoms with Crippen LogP contribution in [0, 0.1) is 5.92 Å². The molecule has 0 atom stereocenters. The SMILES string of the molecule is CCN(CCOCCC(C)C)C1(CN)CCCCC1. The van der Waals surface area contributed by atoms with Crippen molar-refractivity contribution < 1.29 is 4.74 Å². The minimum atomic E-state index is 0.258. The molecule has 19 heavy (non-hydrogen) atoms. The zero-order chi connectivity index (χ0) is 14.1. The molecule has 0 aromatic rings. The van der Waals surface area contributed by atoms with Gasteiger partial charge in [0.25, 0.3) is 0 Å². The summed E-state index contributed by atoms with van der Waals surface area (Å²) in [5, 5.41) is 0. The van der Waals surface area contributed by atoms with E-state index in [0.29, 0.717) is 0 Å². The van der Waals surface area contributed by atoms with E-state index in [0.717, 1.165) is 45.2 Å². The zero-order valence-electron chi connectivity index (χ0n) is 13.3. The molecule has 0 heterocycles. The van der Waals surface area contributed by atoms with Crippen molar-refractivity contribution in [3.63, 3.8) is 0 Å². The molecule has 114 valence electrons. The molecule has 1 fully saturated rings. The van der Waals surface area contributed by atoms with Gasteiger partial charge in [-0.05, 0) is 31.7 Å². The molecular weight excluding hydrogens is 236 g/mol. The van der Waals surface area contributed by atoms with E-state index in [9.17, 15) is 0 Å². The summed E-state index contributed by atoms with van der Waals surface area (Å²) in [6.07, 6.45) is 7.74. The van der Waals surface area contributed by atoms with Crippen molar-refractivity contribution in [3.05, 3.63) is 0 Å². The van der Waals surface area contributed by atoms with Gasteiger partial charge in [0, 0.05) is 25.2 Å². The summed E-state index contributed by atoms with van der Waals surface area (Å²) < 4.78 is 5.77. The zero-order valence-corrected chi connectivity index (χ0v) is 13.3. The third kappa shape index (κ3) is 5.41. The van der Waals surface area contributed by atoms with Crippen molar-refractivity contribution >= 4 is 0 Å². The van der Waals surface area contributed by atoms with Gasteiger partial charge in [0.15, 0.2) is 0 Å². The first-order chi connectivity index (χ1) is 9.14. The Bertz CT molecular complexity index is 225. The number of hydrogen-bond donors (Lipinski definition) is 1. The van der Waals surface area contributed by atoms with Gasteiger partial charge < -0.3 is 10.5 Å². The molecular formula is C16H34N2O. The van der Waals surface area contributed by atoms with Crippen LogP contribution in [0.15, 0.2) is 0 Å². The van der Waals surface area contributed by atoms with E-state index in [4.69, 9.17) is 10.5 Å². The van der Waals surface area contributed by atoms with Gasteiger partial charge in [0.2, 0.25) is 0 Å². The van der Waals surface area contributed by atoms with Gasteiger partial charge in [0.05, 0.1) is 6.61 Å². The van der Waals surface area contributed by atoms with Crippen LogP contribution in [0.25, 0.3) is 0 Å². The average Bonchev–Trinajstić information content (AvgIpc) is 2.43. The van der Waals surface area contributed by atoms with Gasteiger partial charge in [-0.1, -0.05) is 40.0 Å². The van der Waals surface area contributed by atoms with E-state index in [-0.39, 0.29) is 5.54 Å². The average molecular weight is 270 g/mol. The summed E-state index contributed by atoms with van der Waals surface area (Å²) >= 11 is 0. The Hall–Kier alpha value is -0.120. The van der Waals surface area contributed by atoms with E-state index >= 15 is 0 Å². The number of hydrogen-bond acceptors (Lipinski definition) is 3. The molecule has 0 aromatic heterocycles. The standard InChI is InChI=1S/C16H34N2O/c1-4-18(11-13-19-12-8-15(2)3)16(14-17)9-6-5-7-10-16/h15H,4-14,17H2,1-3H3. The molecule has 1 aliphatic carbocycles. The molecule has 1 saturated carbocycles. The third-order valence-electron chi connectivity index (χ3n) is 4.56. The van der Waals surface area contributed by atoms with Gasteiger partial charge in [-0.15, -0.1) is 0 Å². The van der Waals surface area contributed by atoms with Crippen LogP contribution in [0.4, 0.5) is 0 Å². The van der Waals surface area contributed by atoms with Gasteiger partial charge in [-0.3, -0.25) is 4.90 Å². The van der Waals surface area contributed by atoms with Gasteiger partial charge in [-0.25, -0.2) is 0 Å². The molecule has 0 aromatic carbocycles. The number of likely N-dealkylation sites (N-methyl/N-ethyl adjacent to an activating group) is 1. The Balaban J connectivity index is 2.34. The lowest BCUT2D eigenvalue weighted by atomic mass is 9.80. The first kappa shape index (κ1) is 16.9. The molecule has 0 bridgehead atoms.